The molecule has 2 aromatic carbocycles. The van der Waals surface area contributed by atoms with Gasteiger partial charge in [0.15, 0.2) is 0 Å². The molecular formula is C30H42IN3O3. The van der Waals surface area contributed by atoms with E-state index in [9.17, 15) is 9.90 Å². The molecule has 0 radical (unpaired) electrons. The van der Waals surface area contributed by atoms with Gasteiger partial charge in [-0.25, -0.2) is 4.79 Å². The van der Waals surface area contributed by atoms with Gasteiger partial charge in [0, 0.05) is 28.2 Å². The average Bonchev–Trinajstić information content (AvgIpc) is 2.87. The lowest BCUT2D eigenvalue weighted by molar-refractivity contribution is 0.0287. The van der Waals surface area contributed by atoms with Gasteiger partial charge in [-0.3, -0.25) is 9.80 Å². The summed E-state index contributed by atoms with van der Waals surface area (Å²) in [6.07, 6.45) is 9.49. The monoisotopic (exact) mass is 619 g/mol. The smallest absolute Gasteiger partial charge is 0.412 e. The SMILES string of the molecule is COc1ccc(C)cc1N(C(=O)O)C1CC2CCCC(C1)N2CCCCCCNCc1ccc(I)cc1. The Hall–Kier alpha value is -1.84. The summed E-state index contributed by atoms with van der Waals surface area (Å²) >= 11 is 2.34. The van der Waals surface area contributed by atoms with E-state index in [-0.39, 0.29) is 6.04 Å². The van der Waals surface area contributed by atoms with Crippen LogP contribution in [0.15, 0.2) is 42.5 Å². The third-order valence-corrected chi connectivity index (χ3v) is 8.75. The summed E-state index contributed by atoms with van der Waals surface area (Å²) in [6.45, 7) is 5.15. The van der Waals surface area contributed by atoms with E-state index < -0.39 is 6.09 Å². The number of carboxylic acid groups (broad SMARTS) is 1. The molecule has 2 aromatic rings. The number of unbranched alkanes of at least 4 members (excludes halogenated alkanes) is 3. The van der Waals surface area contributed by atoms with Gasteiger partial charge in [-0.1, -0.05) is 37.5 Å². The fraction of sp³-hybridized carbons (Fsp3) is 0.567. The standard InChI is InChI=1S/C30H42IN3O3/c1-22-10-15-29(37-2)28(18-22)34(30(35)36)27-19-25-8-7-9-26(20-27)33(25)17-6-4-3-5-16-32-21-23-11-13-24(31)14-12-23/h10-15,18,25-27,32H,3-9,16-17,19-21H2,1-2H3,(H,35,36). The van der Waals surface area contributed by atoms with Crippen molar-refractivity contribution < 1.29 is 14.6 Å². The van der Waals surface area contributed by atoms with Crippen LogP contribution in [0.2, 0.25) is 0 Å². The molecule has 0 aromatic heterocycles. The molecular weight excluding hydrogens is 577 g/mol. The molecule has 37 heavy (non-hydrogen) atoms. The number of anilines is 1. The number of amides is 1. The highest BCUT2D eigenvalue weighted by Crippen LogP contribution is 2.40. The predicted octanol–water partition coefficient (Wildman–Crippen LogP) is 6.83. The summed E-state index contributed by atoms with van der Waals surface area (Å²) in [4.78, 5) is 16.8. The van der Waals surface area contributed by atoms with E-state index in [0.717, 1.165) is 38.0 Å². The predicted molar refractivity (Wildman–Crippen MR) is 159 cm³/mol. The minimum absolute atomic E-state index is 0.00101. The van der Waals surface area contributed by atoms with Crippen LogP contribution in [0.5, 0.6) is 5.75 Å². The summed E-state index contributed by atoms with van der Waals surface area (Å²) in [5.74, 6) is 0.633. The first-order valence-corrected chi connectivity index (χ1v) is 14.9. The molecule has 2 atom stereocenters. The second-order valence-corrected chi connectivity index (χ2v) is 11.9. The Kier molecular flexibility index (Phi) is 10.5. The van der Waals surface area contributed by atoms with Crippen LogP contribution >= 0.6 is 22.6 Å². The third kappa shape index (κ3) is 7.60. The number of halogens is 1. The van der Waals surface area contributed by atoms with E-state index in [1.54, 1.807) is 12.0 Å². The number of carbonyl (C=O) groups is 1. The molecule has 0 spiro atoms. The van der Waals surface area contributed by atoms with E-state index in [2.05, 4.69) is 57.1 Å². The van der Waals surface area contributed by atoms with Crippen LogP contribution in [0.4, 0.5) is 10.5 Å². The Labute approximate surface area is 235 Å². The maximum Gasteiger partial charge on any atom is 0.412 e. The molecule has 2 bridgehead atoms. The fourth-order valence-electron chi connectivity index (χ4n) is 6.20. The molecule has 202 valence electrons. The summed E-state index contributed by atoms with van der Waals surface area (Å²) in [5.41, 5.74) is 3.07. The van der Waals surface area contributed by atoms with Crippen LogP contribution < -0.4 is 15.0 Å². The number of hydrogen-bond acceptors (Lipinski definition) is 4. The van der Waals surface area contributed by atoms with Crippen molar-refractivity contribution in [3.05, 3.63) is 57.2 Å². The zero-order chi connectivity index (χ0) is 26.2. The van der Waals surface area contributed by atoms with Gasteiger partial charge >= 0.3 is 6.09 Å². The Bertz CT molecular complexity index is 1000. The Morgan fingerprint density at radius 2 is 1.78 bits per heavy atom. The second-order valence-electron chi connectivity index (χ2n) is 10.6. The molecule has 7 heteroatoms. The Balaban J connectivity index is 1.24. The van der Waals surface area contributed by atoms with Crippen molar-refractivity contribution in [1.82, 2.24) is 10.2 Å². The van der Waals surface area contributed by atoms with Crippen molar-refractivity contribution >= 4 is 34.4 Å². The largest absolute Gasteiger partial charge is 0.495 e. The van der Waals surface area contributed by atoms with Crippen molar-refractivity contribution in [2.24, 2.45) is 0 Å². The van der Waals surface area contributed by atoms with Crippen LogP contribution in [0.25, 0.3) is 0 Å². The third-order valence-electron chi connectivity index (χ3n) is 8.03. The van der Waals surface area contributed by atoms with Crippen molar-refractivity contribution in [2.45, 2.75) is 89.4 Å². The maximum atomic E-state index is 12.4. The van der Waals surface area contributed by atoms with Crippen LogP contribution in [0, 0.1) is 10.5 Å². The van der Waals surface area contributed by atoms with E-state index in [1.165, 1.54) is 54.1 Å². The van der Waals surface area contributed by atoms with Crippen LogP contribution in [-0.2, 0) is 6.54 Å². The first-order chi connectivity index (χ1) is 18.0. The molecule has 2 heterocycles. The number of hydrogen-bond donors (Lipinski definition) is 2. The van der Waals surface area contributed by atoms with E-state index in [4.69, 9.17) is 4.74 Å². The van der Waals surface area contributed by atoms with Gasteiger partial charge in [-0.15, -0.1) is 0 Å². The first-order valence-electron chi connectivity index (χ1n) is 13.8. The minimum Gasteiger partial charge on any atom is -0.495 e. The number of benzene rings is 2. The average molecular weight is 620 g/mol. The highest BCUT2D eigenvalue weighted by Gasteiger charge is 2.42. The highest BCUT2D eigenvalue weighted by molar-refractivity contribution is 14.1. The number of nitrogens with one attached hydrogen (secondary N) is 1. The number of aryl methyl sites for hydroxylation is 1. The van der Waals surface area contributed by atoms with Gasteiger partial charge < -0.3 is 15.2 Å². The lowest BCUT2D eigenvalue weighted by Crippen LogP contribution is -2.58. The topological polar surface area (TPSA) is 65.0 Å². The van der Waals surface area contributed by atoms with Gasteiger partial charge in [0.2, 0.25) is 0 Å². The lowest BCUT2D eigenvalue weighted by Gasteiger charge is -2.50. The summed E-state index contributed by atoms with van der Waals surface area (Å²) < 4.78 is 6.82. The van der Waals surface area contributed by atoms with Crippen LogP contribution in [0.3, 0.4) is 0 Å². The molecule has 0 saturated carbocycles. The molecule has 2 aliphatic heterocycles. The molecule has 2 N–H and O–H groups in total. The lowest BCUT2D eigenvalue weighted by atomic mass is 9.80. The second kappa shape index (κ2) is 13.8. The number of fused-ring (bicyclic) bond motifs is 2. The molecule has 2 saturated heterocycles. The zero-order valence-electron chi connectivity index (χ0n) is 22.3. The molecule has 2 fully saturated rings. The zero-order valence-corrected chi connectivity index (χ0v) is 24.5. The molecule has 1 amide bonds. The summed E-state index contributed by atoms with van der Waals surface area (Å²) in [5, 5.41) is 13.8. The van der Waals surface area contributed by atoms with Crippen LogP contribution in [-0.4, -0.2) is 54.4 Å². The highest BCUT2D eigenvalue weighted by atomic mass is 127. The van der Waals surface area contributed by atoms with Crippen LogP contribution in [0.1, 0.15) is 68.9 Å². The molecule has 6 nitrogen and oxygen atoms in total. The van der Waals surface area contributed by atoms with Gasteiger partial charge in [-0.2, -0.15) is 0 Å². The molecule has 0 aliphatic carbocycles. The molecule has 4 rings (SSSR count). The van der Waals surface area contributed by atoms with Crippen molar-refractivity contribution in [2.75, 3.05) is 25.1 Å². The summed E-state index contributed by atoms with van der Waals surface area (Å²) in [6, 6.07) is 15.5. The molecule has 2 aliphatic rings. The Morgan fingerprint density at radius 3 is 2.46 bits per heavy atom. The number of ether oxygens (including phenoxy) is 1. The van der Waals surface area contributed by atoms with Gasteiger partial charge in [0.25, 0.3) is 0 Å². The Morgan fingerprint density at radius 1 is 1.08 bits per heavy atom. The van der Waals surface area contributed by atoms with E-state index in [0.29, 0.717) is 23.5 Å². The van der Waals surface area contributed by atoms with Gasteiger partial charge in [-0.05, 0) is 117 Å². The van der Waals surface area contributed by atoms with Crippen molar-refractivity contribution in [3.63, 3.8) is 0 Å². The number of methoxy groups -OCH3 is 1. The fourth-order valence-corrected chi connectivity index (χ4v) is 6.56. The van der Waals surface area contributed by atoms with Crippen molar-refractivity contribution in [3.8, 4) is 5.75 Å². The van der Waals surface area contributed by atoms with Gasteiger partial charge in [0.05, 0.1) is 12.8 Å². The van der Waals surface area contributed by atoms with Gasteiger partial charge in [0.1, 0.15) is 5.75 Å². The summed E-state index contributed by atoms with van der Waals surface area (Å²) in [7, 11) is 1.62. The number of rotatable bonds is 12. The quantitative estimate of drug-likeness (QED) is 0.202. The number of nitrogens with zero attached hydrogens (tertiary/aromatic N) is 2. The van der Waals surface area contributed by atoms with Crippen molar-refractivity contribution in [1.29, 1.82) is 0 Å². The molecule has 2 unspecified atom stereocenters. The maximum absolute atomic E-state index is 12.4. The number of piperidine rings is 2. The normalized spacial score (nSPS) is 21.5. The van der Waals surface area contributed by atoms with E-state index in [1.807, 2.05) is 25.1 Å². The first kappa shape index (κ1) is 28.2. The minimum atomic E-state index is -0.879. The van der Waals surface area contributed by atoms with E-state index >= 15 is 0 Å².